The summed E-state index contributed by atoms with van der Waals surface area (Å²) in [6, 6.07) is 10.5. The predicted molar refractivity (Wildman–Crippen MR) is 115 cm³/mol. The number of nitrogens with one attached hydrogen (secondary N) is 2. The van der Waals surface area contributed by atoms with Crippen LogP contribution in [-0.2, 0) is 0 Å². The van der Waals surface area contributed by atoms with Crippen molar-refractivity contribution in [1.29, 1.82) is 0 Å². The predicted octanol–water partition coefficient (Wildman–Crippen LogP) is 3.34. The second kappa shape index (κ2) is 8.10. The zero-order chi connectivity index (χ0) is 22.1. The van der Waals surface area contributed by atoms with E-state index in [0.29, 0.717) is 35.6 Å². The van der Waals surface area contributed by atoms with E-state index in [9.17, 15) is 9.90 Å². The minimum atomic E-state index is -1.14. The maximum atomic E-state index is 11.7. The number of aromatic carboxylic acids is 1. The molecule has 1 saturated heterocycles. The van der Waals surface area contributed by atoms with E-state index in [1.807, 2.05) is 36.1 Å². The second-order valence-corrected chi connectivity index (χ2v) is 7.49. The zero-order valence-electron chi connectivity index (χ0n) is 17.2. The van der Waals surface area contributed by atoms with Gasteiger partial charge in [0.15, 0.2) is 17.3 Å². The third-order valence-corrected chi connectivity index (χ3v) is 5.19. The number of hydrogen-bond acceptors (Lipinski definition) is 9. The largest absolute Gasteiger partial charge is 0.477 e. The normalized spacial score (nSPS) is 15.8. The van der Waals surface area contributed by atoms with Crippen molar-refractivity contribution in [3.8, 4) is 11.4 Å². The quantitative estimate of drug-likeness (QED) is 0.414. The first-order valence-electron chi connectivity index (χ1n) is 10.1. The lowest BCUT2D eigenvalue weighted by Gasteiger charge is -2.23. The van der Waals surface area contributed by atoms with Crippen molar-refractivity contribution < 1.29 is 14.4 Å². The summed E-state index contributed by atoms with van der Waals surface area (Å²) in [7, 11) is 0. The minimum absolute atomic E-state index is 0.109. The van der Waals surface area contributed by atoms with E-state index in [-0.39, 0.29) is 11.7 Å². The van der Waals surface area contributed by atoms with Gasteiger partial charge in [0.2, 0.25) is 5.95 Å². The molecule has 0 amide bonds. The van der Waals surface area contributed by atoms with Crippen molar-refractivity contribution in [1.82, 2.24) is 30.3 Å². The molecule has 162 valence electrons. The molecule has 0 radical (unpaired) electrons. The molecule has 1 atom stereocenters. The molecule has 0 aromatic carbocycles. The molecule has 11 nitrogen and oxygen atoms in total. The highest BCUT2D eigenvalue weighted by molar-refractivity contribution is 5.87. The van der Waals surface area contributed by atoms with E-state index < -0.39 is 5.97 Å². The summed E-state index contributed by atoms with van der Waals surface area (Å²) in [4.78, 5) is 26.8. The lowest BCUT2D eigenvalue weighted by atomic mass is 10.1. The van der Waals surface area contributed by atoms with Gasteiger partial charge in [-0.15, -0.1) is 0 Å². The van der Waals surface area contributed by atoms with Gasteiger partial charge >= 0.3 is 5.97 Å². The fourth-order valence-electron chi connectivity index (χ4n) is 3.73. The molecule has 5 rings (SSSR count). The van der Waals surface area contributed by atoms with Gasteiger partial charge in [0, 0.05) is 36.6 Å². The molecule has 1 aliphatic heterocycles. The van der Waals surface area contributed by atoms with Gasteiger partial charge in [-0.3, -0.25) is 10.1 Å². The van der Waals surface area contributed by atoms with Crippen LogP contribution in [0.5, 0.6) is 0 Å². The van der Waals surface area contributed by atoms with E-state index in [4.69, 9.17) is 4.52 Å². The highest BCUT2D eigenvalue weighted by Gasteiger charge is 2.32. The topological polar surface area (TPSA) is 146 Å². The first-order chi connectivity index (χ1) is 15.6. The number of aryl methyl sites for hydroxylation is 1. The van der Waals surface area contributed by atoms with Gasteiger partial charge in [-0.05, 0) is 31.9 Å². The third kappa shape index (κ3) is 3.87. The van der Waals surface area contributed by atoms with E-state index >= 15 is 0 Å². The molecule has 32 heavy (non-hydrogen) atoms. The number of H-pyrrole nitrogens is 1. The van der Waals surface area contributed by atoms with E-state index in [0.717, 1.165) is 24.2 Å². The molecule has 4 aromatic rings. The molecule has 5 heterocycles. The van der Waals surface area contributed by atoms with E-state index in [2.05, 4.69) is 35.6 Å². The minimum Gasteiger partial charge on any atom is -0.477 e. The van der Waals surface area contributed by atoms with Gasteiger partial charge in [0.05, 0.1) is 11.7 Å². The van der Waals surface area contributed by atoms with Crippen LogP contribution in [0.15, 0.2) is 47.1 Å². The Bertz CT molecular complexity index is 1250. The number of rotatable bonds is 6. The number of aromatic amines is 1. The number of pyridine rings is 1. The Hall–Kier alpha value is -4.28. The van der Waals surface area contributed by atoms with Crippen LogP contribution in [0.1, 0.15) is 40.8 Å². The van der Waals surface area contributed by atoms with Crippen molar-refractivity contribution in [2.75, 3.05) is 16.8 Å². The molecular weight excluding hydrogens is 412 g/mol. The molecule has 11 heteroatoms. The fraction of sp³-hybridized carbons (Fsp3) is 0.238. The van der Waals surface area contributed by atoms with Crippen molar-refractivity contribution >= 4 is 23.6 Å². The van der Waals surface area contributed by atoms with Crippen LogP contribution < -0.4 is 10.2 Å². The maximum absolute atomic E-state index is 11.7. The number of nitrogens with zero attached hydrogens (tertiary/aromatic N) is 6. The van der Waals surface area contributed by atoms with E-state index in [1.54, 1.807) is 12.3 Å². The Labute approximate surface area is 182 Å². The average Bonchev–Trinajstić information content (AvgIpc) is 3.55. The number of carbonyl (C=O) groups is 1. The molecule has 3 N–H and O–H groups in total. The van der Waals surface area contributed by atoms with Crippen molar-refractivity contribution in [3.05, 3.63) is 59.7 Å². The average molecular weight is 432 g/mol. The molecular formula is C21H20N8O3. The fourth-order valence-corrected chi connectivity index (χ4v) is 3.73. The molecule has 4 aromatic heterocycles. The number of carboxylic acid groups (broad SMARTS) is 1. The molecule has 1 unspecified atom stereocenters. The van der Waals surface area contributed by atoms with Crippen molar-refractivity contribution in [2.24, 2.45) is 0 Å². The lowest BCUT2D eigenvalue weighted by Crippen LogP contribution is -2.25. The molecule has 1 fully saturated rings. The van der Waals surface area contributed by atoms with Gasteiger partial charge in [0.25, 0.3) is 0 Å². The summed E-state index contributed by atoms with van der Waals surface area (Å²) in [6.45, 7) is 2.53. The van der Waals surface area contributed by atoms with Crippen LogP contribution in [-0.4, -0.2) is 47.9 Å². The van der Waals surface area contributed by atoms with Crippen LogP contribution in [0.4, 0.5) is 17.6 Å². The summed E-state index contributed by atoms with van der Waals surface area (Å²) in [6.07, 6.45) is 3.39. The molecule has 1 aliphatic rings. The number of hydrogen-bond donors (Lipinski definition) is 3. The smallest absolute Gasteiger partial charge is 0.354 e. The van der Waals surface area contributed by atoms with E-state index in [1.165, 1.54) is 6.07 Å². The first kappa shape index (κ1) is 19.7. The second-order valence-electron chi connectivity index (χ2n) is 7.49. The van der Waals surface area contributed by atoms with Gasteiger partial charge in [0.1, 0.15) is 11.5 Å². The Morgan fingerprint density at radius 2 is 2.12 bits per heavy atom. The third-order valence-electron chi connectivity index (χ3n) is 5.19. The van der Waals surface area contributed by atoms with Gasteiger partial charge in [-0.1, -0.05) is 11.2 Å². The Balaban J connectivity index is 1.46. The first-order valence-corrected chi connectivity index (χ1v) is 10.1. The summed E-state index contributed by atoms with van der Waals surface area (Å²) in [5, 5.41) is 23.7. The standard InChI is InChI=1S/C21H20N8O3/c1-12-9-19(27-26-12)24-18-11-15(20(30)31)23-21(25-18)29-8-4-6-16(29)17-10-14(28-32-17)13-5-2-3-7-22-13/h2-3,5,7,9-11,16H,4,6,8H2,1H3,(H,30,31)(H2,23,24,25,26,27). The summed E-state index contributed by atoms with van der Waals surface area (Å²) < 4.78 is 5.63. The monoisotopic (exact) mass is 432 g/mol. The summed E-state index contributed by atoms with van der Waals surface area (Å²) in [5.41, 5.74) is 2.12. The van der Waals surface area contributed by atoms with Crippen molar-refractivity contribution in [2.45, 2.75) is 25.8 Å². The number of anilines is 3. The SMILES string of the molecule is Cc1cc(Nc2cc(C(=O)O)nc(N3CCCC3c3cc(-c4ccccn4)no3)n2)n[nH]1. The van der Waals surface area contributed by atoms with Crippen molar-refractivity contribution in [3.63, 3.8) is 0 Å². The van der Waals surface area contributed by atoms with Crippen LogP contribution in [0.3, 0.4) is 0 Å². The Morgan fingerprint density at radius 1 is 1.22 bits per heavy atom. The van der Waals surface area contributed by atoms with Gasteiger partial charge < -0.3 is 19.8 Å². The lowest BCUT2D eigenvalue weighted by molar-refractivity contribution is 0.0690. The summed E-state index contributed by atoms with van der Waals surface area (Å²) >= 11 is 0. The highest BCUT2D eigenvalue weighted by atomic mass is 16.5. The van der Waals surface area contributed by atoms with Gasteiger partial charge in [-0.25, -0.2) is 9.78 Å². The van der Waals surface area contributed by atoms with Crippen LogP contribution in [0, 0.1) is 6.92 Å². The van der Waals surface area contributed by atoms with Gasteiger partial charge in [-0.2, -0.15) is 10.1 Å². The zero-order valence-corrected chi connectivity index (χ0v) is 17.2. The molecule has 0 spiro atoms. The molecule has 0 bridgehead atoms. The van der Waals surface area contributed by atoms with Crippen LogP contribution in [0.2, 0.25) is 0 Å². The Morgan fingerprint density at radius 3 is 2.88 bits per heavy atom. The molecule has 0 saturated carbocycles. The number of carboxylic acids is 1. The van der Waals surface area contributed by atoms with Crippen LogP contribution >= 0.6 is 0 Å². The Kier molecular flexibility index (Phi) is 4.98. The van der Waals surface area contributed by atoms with Crippen LogP contribution in [0.25, 0.3) is 11.4 Å². The molecule has 0 aliphatic carbocycles. The summed E-state index contributed by atoms with van der Waals surface area (Å²) in [5.74, 6) is 0.707. The maximum Gasteiger partial charge on any atom is 0.354 e. The number of aromatic nitrogens is 6. The highest BCUT2D eigenvalue weighted by Crippen LogP contribution is 2.36.